The molecule has 50 valence electrons. The summed E-state index contributed by atoms with van der Waals surface area (Å²) in [7, 11) is -2.67. The van der Waals surface area contributed by atoms with Crippen LogP contribution in [0.2, 0.25) is 0 Å². The minimum atomic E-state index is -2.67. The second-order valence-electron chi connectivity index (χ2n) is 0.830. The molecule has 0 spiro atoms. The van der Waals surface area contributed by atoms with Gasteiger partial charge in [0.2, 0.25) is 0 Å². The fraction of sp³-hybridized carbons (Fsp3) is 0.500. The number of aliphatic carboxylic acids is 1. The molecule has 0 unspecified atom stereocenters. The van der Waals surface area contributed by atoms with Crippen molar-refractivity contribution in [3.8, 4) is 0 Å². The van der Waals surface area contributed by atoms with Gasteiger partial charge < -0.3 is 15.2 Å². The summed E-state index contributed by atoms with van der Waals surface area (Å²) >= 11 is 0. The van der Waals surface area contributed by atoms with Gasteiger partial charge >= 0.3 is 37.0 Å². The van der Waals surface area contributed by atoms with Crippen molar-refractivity contribution in [2.45, 2.75) is 6.92 Å². The second-order valence-corrected chi connectivity index (χ2v) is 0.830. The first-order valence-corrected chi connectivity index (χ1v) is 1.66. The molecule has 0 aliphatic carbocycles. The Morgan fingerprint density at radius 1 is 1.56 bits per heavy atom. The minimum absolute atomic E-state index is 0. The van der Waals surface area contributed by atoms with E-state index in [-0.39, 0.29) is 29.6 Å². The van der Waals surface area contributed by atoms with Crippen LogP contribution >= 0.6 is 0 Å². The molecule has 0 rings (SSSR count). The molecule has 4 nitrogen and oxygen atoms in total. The molecule has 0 saturated heterocycles. The molecule has 0 aromatic rings. The van der Waals surface area contributed by atoms with Crippen molar-refractivity contribution in [3.05, 3.63) is 0 Å². The van der Waals surface area contributed by atoms with Crippen molar-refractivity contribution in [1.82, 2.24) is 0 Å². The van der Waals surface area contributed by atoms with E-state index in [1.54, 1.807) is 0 Å². The van der Waals surface area contributed by atoms with Crippen molar-refractivity contribution in [2.75, 3.05) is 0 Å². The number of carbonyl (C=O) groups is 1. The van der Waals surface area contributed by atoms with E-state index in [4.69, 9.17) is 19.9 Å². The maximum atomic E-state index is 10.1. The summed E-state index contributed by atoms with van der Waals surface area (Å²) in [5.74, 6) is -0.833. The average molecular weight is 148 g/mol. The zero-order valence-electron chi connectivity index (χ0n) is 4.21. The van der Waals surface area contributed by atoms with Gasteiger partial charge in [0.1, 0.15) is 0 Å². The van der Waals surface area contributed by atoms with E-state index < -0.39 is 13.4 Å². The summed E-state index contributed by atoms with van der Waals surface area (Å²) < 4.78 is 10.1. The first-order valence-electron chi connectivity index (χ1n) is 1.66. The molecule has 9 heavy (non-hydrogen) atoms. The van der Waals surface area contributed by atoms with Gasteiger partial charge in [0.25, 0.3) is 5.97 Å². The number of carboxylic acid groups (broad SMARTS) is 1. The molecule has 0 aromatic heterocycles. The zero-order chi connectivity index (χ0) is 7.15. The van der Waals surface area contributed by atoms with Gasteiger partial charge in [-0.2, -0.15) is 0 Å². The number of rotatable bonds is 0. The maximum absolute atomic E-state index is 10.1. The first-order chi connectivity index (χ1) is 3.46. The summed E-state index contributed by atoms with van der Waals surface area (Å²) in [6, 6.07) is 0. The Labute approximate surface area is 74.2 Å². The third-order valence-corrected chi connectivity index (χ3v) is 0. The van der Waals surface area contributed by atoms with Gasteiger partial charge in [0, 0.05) is 6.92 Å². The molecule has 0 aliphatic rings. The van der Waals surface area contributed by atoms with Crippen molar-refractivity contribution in [1.29, 1.82) is 0 Å². The predicted molar refractivity (Wildman–Crippen MR) is 31.8 cm³/mol. The molecule has 0 aliphatic heterocycles. The van der Waals surface area contributed by atoms with Crippen LogP contribution in [0.1, 0.15) is 6.92 Å². The van der Waals surface area contributed by atoms with Crippen LogP contribution in [0.25, 0.3) is 0 Å². The Kier molecular flexibility index (Phi) is 20.2. The molecule has 0 amide bonds. The van der Waals surface area contributed by atoms with Gasteiger partial charge in [0.05, 0.1) is 0 Å². The topological polar surface area (TPSA) is 77.8 Å². The van der Waals surface area contributed by atoms with Crippen LogP contribution in [0, 0.1) is 0 Å². The zero-order valence-corrected chi connectivity index (χ0v) is 4.21. The standard InChI is InChI=1S/C2H4O2.BFH2O2.Na.H/c1-2(3)4;2-1(3)4;;/h1H3,(H,3,4);3-4H;;. The van der Waals surface area contributed by atoms with Crippen LogP contribution < -0.4 is 0 Å². The van der Waals surface area contributed by atoms with E-state index in [2.05, 4.69) is 0 Å². The Morgan fingerprint density at radius 3 is 1.56 bits per heavy atom. The van der Waals surface area contributed by atoms with Gasteiger partial charge in [0.15, 0.2) is 0 Å². The van der Waals surface area contributed by atoms with Crippen molar-refractivity contribution in [3.63, 3.8) is 0 Å². The van der Waals surface area contributed by atoms with Gasteiger partial charge in [-0.1, -0.05) is 0 Å². The SMILES string of the molecule is CC(=O)O.OB(O)F.[NaH]. The molecule has 0 bridgehead atoms. The van der Waals surface area contributed by atoms with E-state index in [1.165, 1.54) is 0 Å². The Balaban J connectivity index is -0.0000000720. The van der Waals surface area contributed by atoms with Crippen LogP contribution in [-0.2, 0) is 4.79 Å². The fourth-order valence-corrected chi connectivity index (χ4v) is 0. The number of hydrogen-bond acceptors (Lipinski definition) is 3. The van der Waals surface area contributed by atoms with Crippen LogP contribution in [0.15, 0.2) is 0 Å². The third-order valence-electron chi connectivity index (χ3n) is 0. The van der Waals surface area contributed by atoms with Crippen molar-refractivity contribution < 1.29 is 24.3 Å². The molecule has 0 aromatic carbocycles. The quantitative estimate of drug-likeness (QED) is 0.360. The molecule has 0 radical (unpaired) electrons. The van der Waals surface area contributed by atoms with E-state index in [0.29, 0.717) is 0 Å². The predicted octanol–water partition coefficient (Wildman–Crippen LogP) is -1.63. The van der Waals surface area contributed by atoms with Crippen molar-refractivity contribution >= 4 is 42.9 Å². The number of carboxylic acids is 1. The summed E-state index contributed by atoms with van der Waals surface area (Å²) in [6.07, 6.45) is 0. The van der Waals surface area contributed by atoms with Crippen LogP contribution in [0.4, 0.5) is 4.32 Å². The van der Waals surface area contributed by atoms with E-state index in [1.807, 2.05) is 0 Å². The summed E-state index contributed by atoms with van der Waals surface area (Å²) in [5.41, 5.74) is 0. The van der Waals surface area contributed by atoms with Crippen LogP contribution in [-0.4, -0.2) is 58.1 Å². The van der Waals surface area contributed by atoms with E-state index >= 15 is 0 Å². The second kappa shape index (κ2) is 11.2. The van der Waals surface area contributed by atoms with E-state index in [0.717, 1.165) is 6.92 Å². The normalized spacial score (nSPS) is 5.78. The van der Waals surface area contributed by atoms with Gasteiger partial charge in [-0.15, -0.1) is 0 Å². The average Bonchev–Trinajstić information content (AvgIpc) is 1.25. The van der Waals surface area contributed by atoms with Gasteiger partial charge in [-0.3, -0.25) is 9.11 Å². The third kappa shape index (κ3) is 2310. The van der Waals surface area contributed by atoms with Crippen LogP contribution in [0.5, 0.6) is 0 Å². The molecule has 0 fully saturated rings. The summed E-state index contributed by atoms with van der Waals surface area (Å²) in [6.45, 7) is 1.08. The molecular weight excluding hydrogens is 141 g/mol. The molecule has 3 N–H and O–H groups in total. The van der Waals surface area contributed by atoms with Crippen LogP contribution in [0.3, 0.4) is 0 Å². The molecule has 0 heterocycles. The Morgan fingerprint density at radius 2 is 1.56 bits per heavy atom. The number of halogens is 1. The Hall–Kier alpha value is 0.385. The summed E-state index contributed by atoms with van der Waals surface area (Å²) in [4.78, 5) is 9.00. The Bertz CT molecular complexity index is 62.8. The van der Waals surface area contributed by atoms with Gasteiger partial charge in [-0.25, -0.2) is 0 Å². The molecule has 7 heteroatoms. The molecule has 0 atom stereocenters. The monoisotopic (exact) mass is 148 g/mol. The fourth-order valence-electron chi connectivity index (χ4n) is 0. The van der Waals surface area contributed by atoms with E-state index in [9.17, 15) is 4.32 Å². The number of hydrogen-bond donors (Lipinski definition) is 3. The molecule has 0 saturated carbocycles. The van der Waals surface area contributed by atoms with Crippen molar-refractivity contribution in [2.24, 2.45) is 0 Å². The first kappa shape index (κ1) is 16.2. The summed E-state index contributed by atoms with van der Waals surface area (Å²) in [5, 5.41) is 21.3. The van der Waals surface area contributed by atoms with Gasteiger partial charge in [-0.05, 0) is 0 Å². The molecular formula is C2H7BFNaO4.